The number of aliphatic hydroxyl groups is 4. The van der Waals surface area contributed by atoms with Crippen LogP contribution in [0.1, 0.15) is 126 Å². The molecular weight excluding hydrogens is 1000 g/mol. The van der Waals surface area contributed by atoms with Gasteiger partial charge >= 0.3 is 0 Å². The predicted octanol–water partition coefficient (Wildman–Crippen LogP) is 8.24. The Morgan fingerprint density at radius 3 is 1.40 bits per heavy atom. The Labute approximate surface area is 445 Å². The van der Waals surface area contributed by atoms with Crippen molar-refractivity contribution in [3.8, 4) is 63.2 Å². The second-order valence-electron chi connectivity index (χ2n) is 21.1. The molecule has 3 aliphatic heterocycles. The first kappa shape index (κ1) is 49.0. The number of phenolic OH excluding ortho intramolecular Hbond substituents is 9. The minimum atomic E-state index is -1.74. The van der Waals surface area contributed by atoms with Crippen molar-refractivity contribution >= 4 is 0 Å². The highest BCUT2D eigenvalue weighted by Crippen LogP contribution is 2.72. The van der Waals surface area contributed by atoms with Gasteiger partial charge in [0.25, 0.3) is 0 Å². The largest absolute Gasteiger partial charge is 0.508 e. The molecule has 8 aromatic rings. The van der Waals surface area contributed by atoms with Gasteiger partial charge in [-0.1, -0.05) is 54.6 Å². The van der Waals surface area contributed by atoms with E-state index >= 15 is 0 Å². The first-order valence-electron chi connectivity index (χ1n) is 25.5. The monoisotopic (exact) mass is 1050 g/mol. The van der Waals surface area contributed by atoms with E-state index in [9.17, 15) is 66.4 Å². The number of phenols is 9. The van der Waals surface area contributed by atoms with Gasteiger partial charge in [-0.25, -0.2) is 0 Å². The topological polar surface area (TPSA) is 291 Å². The normalized spacial score (nSPS) is 27.3. The highest BCUT2D eigenvalue weighted by atomic mass is 16.5. The third-order valence-electron chi connectivity index (χ3n) is 16.7. The average Bonchev–Trinajstić information content (AvgIpc) is 4.25. The van der Waals surface area contributed by atoms with Crippen LogP contribution in [0.5, 0.6) is 63.2 Å². The van der Waals surface area contributed by atoms with Crippen molar-refractivity contribution < 1.29 is 80.6 Å². The van der Waals surface area contributed by atoms with Crippen LogP contribution in [0.4, 0.5) is 0 Å². The summed E-state index contributed by atoms with van der Waals surface area (Å²) < 4.78 is 19.9. The van der Waals surface area contributed by atoms with Gasteiger partial charge in [0.2, 0.25) is 0 Å². The molecule has 396 valence electrons. The lowest BCUT2D eigenvalue weighted by Crippen LogP contribution is -2.55. The molecule has 1 saturated heterocycles. The Morgan fingerprint density at radius 2 is 0.808 bits per heavy atom. The molecule has 0 bridgehead atoms. The summed E-state index contributed by atoms with van der Waals surface area (Å²) in [5.74, 6) is -5.67. The van der Waals surface area contributed by atoms with Gasteiger partial charge in [-0.15, -0.1) is 0 Å². The quantitative estimate of drug-likeness (QED) is 0.0682. The molecule has 13 rings (SSSR count). The number of rotatable bonds is 8. The number of fused-ring (bicyclic) bond motifs is 3. The summed E-state index contributed by atoms with van der Waals surface area (Å²) in [4.78, 5) is 0. The molecule has 5 aliphatic rings. The SMILES string of the molecule is OC[C@@H]1O[C@@H](c2cc(O)cc([C@@H]3c4c(cc(O)cc4[C@H]4c5c(O)cc6c7c5[C@H]([C@H](c5ccc(O)cc5)c5c(O)cc(O)cc5[C@H]7[C@H](c5ccc(O)cc5)O6)[C@H]4c4ccc(O)cc4)O[C@@H]3c3ccc(O)cc3)c2)[C@@H](O)[C@H](O)[C@@H]1O. The van der Waals surface area contributed by atoms with Crippen LogP contribution in [0, 0.1) is 0 Å². The Bertz CT molecular complexity index is 3660. The molecule has 16 nitrogen and oxygen atoms in total. The average molecular weight is 1050 g/mol. The lowest BCUT2D eigenvalue weighted by Gasteiger charge is -2.40. The van der Waals surface area contributed by atoms with E-state index in [-0.39, 0.29) is 63.1 Å². The number of aromatic hydroxyl groups is 9. The van der Waals surface area contributed by atoms with E-state index in [0.29, 0.717) is 72.5 Å². The first-order valence-corrected chi connectivity index (χ1v) is 25.5. The van der Waals surface area contributed by atoms with E-state index in [4.69, 9.17) is 14.2 Å². The third-order valence-corrected chi connectivity index (χ3v) is 16.7. The summed E-state index contributed by atoms with van der Waals surface area (Å²) in [5.41, 5.74) is 6.69. The molecule has 1 fully saturated rings. The molecular formula is C62H52O16. The van der Waals surface area contributed by atoms with Crippen LogP contribution in [0.2, 0.25) is 0 Å². The molecule has 8 aromatic carbocycles. The molecule has 13 N–H and O–H groups in total. The Balaban J connectivity index is 1.11. The van der Waals surface area contributed by atoms with Crippen molar-refractivity contribution in [1.82, 2.24) is 0 Å². The second-order valence-corrected chi connectivity index (χ2v) is 21.1. The van der Waals surface area contributed by atoms with Crippen molar-refractivity contribution in [1.29, 1.82) is 0 Å². The van der Waals surface area contributed by atoms with Crippen molar-refractivity contribution in [2.24, 2.45) is 0 Å². The summed E-state index contributed by atoms with van der Waals surface area (Å²) in [6.07, 6.45) is -9.51. The summed E-state index contributed by atoms with van der Waals surface area (Å²) in [5, 5.41) is 147. The van der Waals surface area contributed by atoms with Crippen molar-refractivity contribution in [2.75, 3.05) is 6.61 Å². The third kappa shape index (κ3) is 7.62. The smallest absolute Gasteiger partial charge is 0.135 e. The maximum atomic E-state index is 13.0. The maximum absolute atomic E-state index is 13.0. The Morgan fingerprint density at radius 1 is 0.321 bits per heavy atom. The number of ether oxygens (including phenoxy) is 3. The van der Waals surface area contributed by atoms with Gasteiger partial charge < -0.3 is 80.6 Å². The molecule has 0 unspecified atom stereocenters. The second kappa shape index (κ2) is 18.3. The molecule has 0 amide bonds. The molecule has 0 spiro atoms. The predicted molar refractivity (Wildman–Crippen MR) is 279 cm³/mol. The van der Waals surface area contributed by atoms with Gasteiger partial charge in [-0.2, -0.15) is 0 Å². The fourth-order valence-electron chi connectivity index (χ4n) is 13.6. The molecule has 0 saturated carbocycles. The first-order chi connectivity index (χ1) is 37.6. The molecule has 2 aliphatic carbocycles. The number of hydrogen-bond acceptors (Lipinski definition) is 16. The van der Waals surface area contributed by atoms with E-state index < -0.39 is 84.8 Å². The standard InChI is InChI=1S/C62H52O16/c63-25-45-57(73)58(74)59(75)62(78-45)31-17-30(18-36(68)19-31)48-50-40(21-38(70)23-43(50)76-60(48)28-5-13-34(66)14-6-28)51-47(27-3-11-33(65)12-4-27)55-46(26-1-9-32(64)10-2-26)49-39(20-37(69)22-41(49)71)52-54-44(24-42(72)53(51)56(54)55)77-61(52)29-7-15-35(67)16-8-29/h1-24,45-48,51-52,55,57-75H,25H2/t45-,46+,47-,48+,51+,52+,55+,57+,58+,59-,60+,61-,62-/m0/s1. The van der Waals surface area contributed by atoms with Gasteiger partial charge in [0.1, 0.15) is 106 Å². The van der Waals surface area contributed by atoms with Crippen LogP contribution >= 0.6 is 0 Å². The molecule has 0 aromatic heterocycles. The Kier molecular flexibility index (Phi) is 11.5. The van der Waals surface area contributed by atoms with Crippen LogP contribution in [0.15, 0.2) is 146 Å². The summed E-state index contributed by atoms with van der Waals surface area (Å²) in [7, 11) is 0. The van der Waals surface area contributed by atoms with Gasteiger partial charge in [-0.3, -0.25) is 0 Å². The summed E-state index contributed by atoms with van der Waals surface area (Å²) in [6, 6.07) is 38.1. The lowest BCUT2D eigenvalue weighted by molar-refractivity contribution is -0.231. The zero-order chi connectivity index (χ0) is 54.2. The molecule has 78 heavy (non-hydrogen) atoms. The highest BCUT2D eigenvalue weighted by molar-refractivity contribution is 5.74. The fourth-order valence-corrected chi connectivity index (χ4v) is 13.6. The van der Waals surface area contributed by atoms with E-state index in [2.05, 4.69) is 0 Å². The molecule has 16 heteroatoms. The van der Waals surface area contributed by atoms with Gasteiger partial charge in [-0.05, 0) is 123 Å². The van der Waals surface area contributed by atoms with Crippen molar-refractivity contribution in [2.45, 2.75) is 78.2 Å². The van der Waals surface area contributed by atoms with Crippen molar-refractivity contribution in [3.63, 3.8) is 0 Å². The molecule has 3 heterocycles. The van der Waals surface area contributed by atoms with Crippen molar-refractivity contribution in [3.05, 3.63) is 218 Å². The highest BCUT2D eigenvalue weighted by Gasteiger charge is 2.58. The molecule has 13 atom stereocenters. The molecule has 0 radical (unpaired) electrons. The van der Waals surface area contributed by atoms with E-state index in [0.717, 1.165) is 0 Å². The van der Waals surface area contributed by atoms with Gasteiger partial charge in [0, 0.05) is 64.1 Å². The van der Waals surface area contributed by atoms with Gasteiger partial charge in [0.05, 0.1) is 18.4 Å². The van der Waals surface area contributed by atoms with E-state index in [1.807, 2.05) is 0 Å². The number of hydrogen-bond donors (Lipinski definition) is 13. The number of aliphatic hydroxyl groups excluding tert-OH is 4. The van der Waals surface area contributed by atoms with E-state index in [1.165, 1.54) is 48.5 Å². The zero-order valence-corrected chi connectivity index (χ0v) is 41.1. The van der Waals surface area contributed by atoms with Crippen LogP contribution in [0.3, 0.4) is 0 Å². The van der Waals surface area contributed by atoms with Crippen LogP contribution in [-0.4, -0.2) is 97.4 Å². The zero-order valence-electron chi connectivity index (χ0n) is 41.1. The number of benzene rings is 8. The van der Waals surface area contributed by atoms with Gasteiger partial charge in [0.15, 0.2) is 0 Å². The summed E-state index contributed by atoms with van der Waals surface area (Å²) >= 11 is 0. The van der Waals surface area contributed by atoms with E-state index in [1.54, 1.807) is 97.1 Å². The minimum absolute atomic E-state index is 0.0146. The Hall–Kier alpha value is -8.64. The van der Waals surface area contributed by atoms with Crippen LogP contribution in [0.25, 0.3) is 0 Å². The maximum Gasteiger partial charge on any atom is 0.135 e. The van der Waals surface area contributed by atoms with Crippen LogP contribution in [-0.2, 0) is 4.74 Å². The van der Waals surface area contributed by atoms with Crippen LogP contribution < -0.4 is 9.47 Å². The minimum Gasteiger partial charge on any atom is -0.508 e. The lowest BCUT2D eigenvalue weighted by atomic mass is 9.68. The summed E-state index contributed by atoms with van der Waals surface area (Å²) in [6.45, 7) is -0.694. The fraction of sp³-hybridized carbons (Fsp3) is 0.226.